The Morgan fingerprint density at radius 2 is 1.40 bits per heavy atom. The summed E-state index contributed by atoms with van der Waals surface area (Å²) in [6.45, 7) is 7.09. The number of methoxy groups -OCH3 is 2. The molecule has 248 valence electrons. The van der Waals surface area contributed by atoms with Crippen LogP contribution in [-0.4, -0.2) is 57.5 Å². The highest BCUT2D eigenvalue weighted by molar-refractivity contribution is 7.92. The molecule has 0 heterocycles. The Balaban J connectivity index is 1.86. The van der Waals surface area contributed by atoms with Gasteiger partial charge in [0.25, 0.3) is 10.0 Å². The topological polar surface area (TPSA) is 105 Å². The lowest BCUT2D eigenvalue weighted by molar-refractivity contribution is -0.140. The van der Waals surface area contributed by atoms with Crippen LogP contribution in [0.5, 0.6) is 11.5 Å². The number of nitrogens with one attached hydrogen (secondary N) is 1. The predicted molar refractivity (Wildman–Crippen MR) is 184 cm³/mol. The van der Waals surface area contributed by atoms with Gasteiger partial charge in [0.15, 0.2) is 11.5 Å². The van der Waals surface area contributed by atoms with Crippen LogP contribution in [-0.2, 0) is 32.6 Å². The van der Waals surface area contributed by atoms with Crippen molar-refractivity contribution in [2.45, 2.75) is 57.1 Å². The maximum atomic E-state index is 14.7. The highest BCUT2D eigenvalue weighted by Gasteiger charge is 2.36. The molecule has 2 amide bonds. The van der Waals surface area contributed by atoms with E-state index in [2.05, 4.69) is 5.32 Å². The van der Waals surface area contributed by atoms with Crippen LogP contribution in [0.25, 0.3) is 0 Å². The first-order valence-corrected chi connectivity index (χ1v) is 16.8. The Hall–Kier alpha value is -4.83. The van der Waals surface area contributed by atoms with Gasteiger partial charge in [-0.3, -0.25) is 13.9 Å². The highest BCUT2D eigenvalue weighted by Crippen LogP contribution is 2.34. The quantitative estimate of drug-likeness (QED) is 0.196. The molecule has 4 rings (SSSR count). The minimum atomic E-state index is -4.25. The second-order valence-electron chi connectivity index (χ2n) is 12.3. The predicted octanol–water partition coefficient (Wildman–Crippen LogP) is 5.76. The molecule has 0 aromatic heterocycles. The molecule has 0 aliphatic heterocycles. The van der Waals surface area contributed by atoms with Crippen molar-refractivity contribution in [3.63, 3.8) is 0 Å². The number of carbonyl (C=O) groups excluding carboxylic acids is 2. The van der Waals surface area contributed by atoms with E-state index in [1.807, 2.05) is 82.3 Å². The summed E-state index contributed by atoms with van der Waals surface area (Å²) in [6.07, 6.45) is 0.224. The average molecular weight is 658 g/mol. The van der Waals surface area contributed by atoms with E-state index < -0.39 is 34.1 Å². The number of aryl methyl sites for hydroxylation is 1. The van der Waals surface area contributed by atoms with Crippen molar-refractivity contribution in [2.75, 3.05) is 25.1 Å². The number of amides is 2. The third-order valence-electron chi connectivity index (χ3n) is 7.64. The molecule has 4 aromatic rings. The van der Waals surface area contributed by atoms with E-state index in [1.54, 1.807) is 30.3 Å². The Labute approximate surface area is 278 Å². The van der Waals surface area contributed by atoms with Gasteiger partial charge in [0.1, 0.15) is 12.6 Å². The van der Waals surface area contributed by atoms with Crippen LogP contribution in [0.15, 0.2) is 108 Å². The van der Waals surface area contributed by atoms with Crippen molar-refractivity contribution in [2.24, 2.45) is 0 Å². The van der Waals surface area contributed by atoms with Crippen LogP contribution in [0.1, 0.15) is 37.5 Å². The van der Waals surface area contributed by atoms with Gasteiger partial charge in [-0.15, -0.1) is 0 Å². The fourth-order valence-electron chi connectivity index (χ4n) is 5.21. The third kappa shape index (κ3) is 8.92. The normalized spacial score (nSPS) is 12.1. The van der Waals surface area contributed by atoms with Crippen LogP contribution in [0.4, 0.5) is 5.69 Å². The van der Waals surface area contributed by atoms with Gasteiger partial charge in [-0.25, -0.2) is 8.42 Å². The summed E-state index contributed by atoms with van der Waals surface area (Å²) in [5.74, 6) is -0.184. The number of hydrogen-bond donors (Lipinski definition) is 1. The Morgan fingerprint density at radius 3 is 2.00 bits per heavy atom. The number of ether oxygens (including phenoxy) is 2. The first kappa shape index (κ1) is 35.0. The second-order valence-corrected chi connectivity index (χ2v) is 14.1. The Bertz CT molecular complexity index is 1770. The molecule has 1 N–H and O–H groups in total. The molecule has 9 nitrogen and oxygen atoms in total. The molecule has 0 radical (unpaired) electrons. The number of carbonyl (C=O) groups is 2. The van der Waals surface area contributed by atoms with E-state index in [0.717, 1.165) is 21.0 Å². The lowest BCUT2D eigenvalue weighted by Crippen LogP contribution is -2.56. The first-order valence-electron chi connectivity index (χ1n) is 15.3. The average Bonchev–Trinajstić information content (AvgIpc) is 3.05. The number of hydrogen-bond acceptors (Lipinski definition) is 6. The highest BCUT2D eigenvalue weighted by atomic mass is 32.2. The van der Waals surface area contributed by atoms with Crippen molar-refractivity contribution in [1.29, 1.82) is 0 Å². The van der Waals surface area contributed by atoms with Crippen molar-refractivity contribution < 1.29 is 27.5 Å². The third-order valence-corrected chi connectivity index (χ3v) is 9.42. The fraction of sp³-hybridized carbons (Fsp3) is 0.297. The van der Waals surface area contributed by atoms with Gasteiger partial charge in [-0.2, -0.15) is 0 Å². The van der Waals surface area contributed by atoms with Crippen molar-refractivity contribution >= 4 is 27.5 Å². The molecule has 1 atom stereocenters. The van der Waals surface area contributed by atoms with Crippen LogP contribution in [0, 0.1) is 6.92 Å². The minimum Gasteiger partial charge on any atom is -0.493 e. The summed E-state index contributed by atoms with van der Waals surface area (Å²) in [7, 11) is -1.32. The number of nitrogens with zero attached hydrogens (tertiary/aromatic N) is 2. The molecule has 0 spiro atoms. The zero-order valence-corrected chi connectivity index (χ0v) is 28.6. The van der Waals surface area contributed by atoms with Gasteiger partial charge in [0, 0.05) is 24.6 Å². The Morgan fingerprint density at radius 1 is 0.809 bits per heavy atom. The molecule has 0 bridgehead atoms. The van der Waals surface area contributed by atoms with E-state index >= 15 is 0 Å². The smallest absolute Gasteiger partial charge is 0.264 e. The Kier molecular flexibility index (Phi) is 11.3. The molecular weight excluding hydrogens is 614 g/mol. The van der Waals surface area contributed by atoms with Crippen LogP contribution in [0.2, 0.25) is 0 Å². The number of anilines is 1. The summed E-state index contributed by atoms with van der Waals surface area (Å²) in [5.41, 5.74) is 2.26. The molecule has 4 aromatic carbocycles. The fourth-order valence-corrected chi connectivity index (χ4v) is 6.63. The number of benzene rings is 4. The molecule has 0 aliphatic rings. The van der Waals surface area contributed by atoms with Gasteiger partial charge >= 0.3 is 0 Å². The van der Waals surface area contributed by atoms with Crippen molar-refractivity contribution in [1.82, 2.24) is 10.2 Å². The maximum Gasteiger partial charge on any atom is 0.264 e. The van der Waals surface area contributed by atoms with Gasteiger partial charge in [0.05, 0.1) is 24.8 Å². The zero-order valence-electron chi connectivity index (χ0n) is 27.8. The molecule has 0 fully saturated rings. The van der Waals surface area contributed by atoms with Crippen LogP contribution in [0.3, 0.4) is 0 Å². The van der Waals surface area contributed by atoms with Crippen LogP contribution >= 0.6 is 0 Å². The maximum absolute atomic E-state index is 14.7. The number of rotatable bonds is 13. The summed E-state index contributed by atoms with van der Waals surface area (Å²) < 4.78 is 40.4. The summed E-state index contributed by atoms with van der Waals surface area (Å²) in [6, 6.07) is 28.7. The molecule has 10 heteroatoms. The summed E-state index contributed by atoms with van der Waals surface area (Å²) in [4.78, 5) is 30.2. The molecule has 1 unspecified atom stereocenters. The lowest BCUT2D eigenvalue weighted by Gasteiger charge is -2.35. The van der Waals surface area contributed by atoms with Crippen molar-refractivity contribution in [3.8, 4) is 11.5 Å². The van der Waals surface area contributed by atoms with E-state index in [9.17, 15) is 18.0 Å². The van der Waals surface area contributed by atoms with Crippen LogP contribution < -0.4 is 19.1 Å². The van der Waals surface area contributed by atoms with Gasteiger partial charge in [0.2, 0.25) is 11.8 Å². The summed E-state index contributed by atoms with van der Waals surface area (Å²) in [5, 5.41) is 3.05. The standard InChI is InChI=1S/C37H43N3O6S/c1-27-15-13-14-18-29(27)25-39(32(36(42)38-37(2,3)4)23-28-16-9-7-10-17-28)35(41)26-40(47(43,44)31-19-11-8-12-20-31)30-21-22-33(45-5)34(24-30)46-6/h7-22,24,32H,23,25-26H2,1-6H3,(H,38,42). The lowest BCUT2D eigenvalue weighted by atomic mass is 10.00. The van der Waals surface area contributed by atoms with E-state index in [-0.39, 0.29) is 29.5 Å². The SMILES string of the molecule is COc1ccc(N(CC(=O)N(Cc2ccccc2C)C(Cc2ccccc2)C(=O)NC(C)(C)C)S(=O)(=O)c2ccccc2)cc1OC. The van der Waals surface area contributed by atoms with Crippen molar-refractivity contribution in [3.05, 3.63) is 120 Å². The molecule has 47 heavy (non-hydrogen) atoms. The minimum absolute atomic E-state index is 0.0133. The molecule has 0 saturated carbocycles. The first-order chi connectivity index (χ1) is 22.3. The summed E-state index contributed by atoms with van der Waals surface area (Å²) >= 11 is 0. The van der Waals surface area contributed by atoms with E-state index in [1.165, 1.54) is 37.3 Å². The van der Waals surface area contributed by atoms with Gasteiger partial charge in [-0.05, 0) is 68.7 Å². The number of sulfonamides is 1. The van der Waals surface area contributed by atoms with Gasteiger partial charge in [-0.1, -0.05) is 72.8 Å². The van der Waals surface area contributed by atoms with E-state index in [0.29, 0.717) is 11.5 Å². The second kappa shape index (κ2) is 15.2. The van der Waals surface area contributed by atoms with E-state index in [4.69, 9.17) is 9.47 Å². The zero-order chi connectivity index (χ0) is 34.2. The molecule has 0 saturated heterocycles. The van der Waals surface area contributed by atoms with Gasteiger partial charge < -0.3 is 19.7 Å². The largest absolute Gasteiger partial charge is 0.493 e. The molecule has 0 aliphatic carbocycles. The monoisotopic (exact) mass is 657 g/mol. The molecular formula is C37H43N3O6S.